The van der Waals surface area contributed by atoms with E-state index in [2.05, 4.69) is 5.32 Å². The molecular weight excluding hydrogens is 279 g/mol. The van der Waals surface area contributed by atoms with Gasteiger partial charge in [0.2, 0.25) is 0 Å². The number of para-hydroxylation sites is 1. The summed E-state index contributed by atoms with van der Waals surface area (Å²) >= 11 is 0. The summed E-state index contributed by atoms with van der Waals surface area (Å²) in [6, 6.07) is 8.38. The summed E-state index contributed by atoms with van der Waals surface area (Å²) in [6.45, 7) is 2.68. The minimum absolute atomic E-state index is 0.0412. The van der Waals surface area contributed by atoms with Crippen LogP contribution in [0.25, 0.3) is 0 Å². The fourth-order valence-corrected chi connectivity index (χ4v) is 2.11. The molecule has 0 spiro atoms. The monoisotopic (exact) mass is 293 g/mol. The fourth-order valence-electron chi connectivity index (χ4n) is 2.11. The van der Waals surface area contributed by atoms with Crippen molar-refractivity contribution in [1.29, 1.82) is 0 Å². The lowest BCUT2D eigenvalue weighted by Gasteiger charge is -2.13. The summed E-state index contributed by atoms with van der Waals surface area (Å²) in [6.07, 6.45) is -0.0412. The Bertz CT molecular complexity index is 684. The van der Waals surface area contributed by atoms with E-state index in [1.165, 1.54) is 13.8 Å². The lowest BCUT2D eigenvalue weighted by molar-refractivity contribution is 0.102. The molecule has 0 aliphatic heterocycles. The zero-order chi connectivity index (χ0) is 15.6. The molecule has 2 aromatic rings. The van der Waals surface area contributed by atoms with Crippen molar-refractivity contribution in [2.24, 2.45) is 0 Å². The molecule has 0 saturated heterocycles. The van der Waals surface area contributed by atoms with E-state index in [1.54, 1.807) is 30.3 Å². The second-order valence-electron chi connectivity index (χ2n) is 4.59. The molecule has 5 heteroatoms. The summed E-state index contributed by atoms with van der Waals surface area (Å²) in [5.74, 6) is -4.23. The quantitative estimate of drug-likeness (QED) is 0.843. The van der Waals surface area contributed by atoms with E-state index in [4.69, 9.17) is 0 Å². The summed E-state index contributed by atoms with van der Waals surface area (Å²) in [4.78, 5) is 12.1. The van der Waals surface area contributed by atoms with Gasteiger partial charge in [0.05, 0.1) is 5.56 Å². The van der Waals surface area contributed by atoms with E-state index < -0.39 is 34.5 Å². The predicted octanol–water partition coefficient (Wildman–Crippen LogP) is 4.23. The van der Waals surface area contributed by atoms with E-state index in [1.807, 2.05) is 0 Å². The molecule has 0 unspecified atom stereocenters. The molecule has 110 valence electrons. The van der Waals surface area contributed by atoms with Gasteiger partial charge in [0.25, 0.3) is 5.91 Å². The van der Waals surface area contributed by atoms with Gasteiger partial charge in [-0.3, -0.25) is 4.79 Å². The minimum Gasteiger partial charge on any atom is -0.322 e. The maximum Gasteiger partial charge on any atom is 0.259 e. The van der Waals surface area contributed by atoms with Crippen molar-refractivity contribution in [2.75, 3.05) is 5.32 Å². The first kappa shape index (κ1) is 15.1. The average Bonchev–Trinajstić information content (AvgIpc) is 2.47. The molecule has 0 aromatic heterocycles. The van der Waals surface area contributed by atoms with E-state index in [0.29, 0.717) is 5.69 Å². The summed E-state index contributed by atoms with van der Waals surface area (Å²) < 4.78 is 41.7. The predicted molar refractivity (Wildman–Crippen MR) is 74.8 cm³/mol. The lowest BCUT2D eigenvalue weighted by atomic mass is 10.00. The molecule has 21 heavy (non-hydrogen) atoms. The van der Waals surface area contributed by atoms with Crippen molar-refractivity contribution in [3.8, 4) is 0 Å². The SMILES string of the molecule is CCc1c(F)c(F)c(C)c(C(=O)Nc2ccccc2)c1F. The third-order valence-corrected chi connectivity index (χ3v) is 3.26. The Morgan fingerprint density at radius 1 is 1.05 bits per heavy atom. The van der Waals surface area contributed by atoms with Gasteiger partial charge in [-0.25, -0.2) is 13.2 Å². The van der Waals surface area contributed by atoms with Gasteiger partial charge in [0.1, 0.15) is 5.82 Å². The first-order valence-electron chi connectivity index (χ1n) is 6.49. The van der Waals surface area contributed by atoms with Gasteiger partial charge in [-0.2, -0.15) is 0 Å². The Labute approximate surface area is 120 Å². The van der Waals surface area contributed by atoms with Crippen LogP contribution in [0.4, 0.5) is 18.9 Å². The molecule has 0 fully saturated rings. The number of halogens is 3. The Morgan fingerprint density at radius 3 is 2.24 bits per heavy atom. The van der Waals surface area contributed by atoms with Crippen LogP contribution in [0.15, 0.2) is 30.3 Å². The van der Waals surface area contributed by atoms with Crippen molar-refractivity contribution in [2.45, 2.75) is 20.3 Å². The molecule has 0 heterocycles. The number of anilines is 1. The maximum atomic E-state index is 14.3. The van der Waals surface area contributed by atoms with Gasteiger partial charge in [-0.15, -0.1) is 0 Å². The summed E-state index contributed by atoms with van der Waals surface area (Å²) in [7, 11) is 0. The molecule has 2 rings (SSSR count). The molecule has 0 saturated carbocycles. The van der Waals surface area contributed by atoms with Crippen molar-refractivity contribution >= 4 is 11.6 Å². The molecule has 0 aliphatic carbocycles. The number of carbonyl (C=O) groups excluding carboxylic acids is 1. The number of hydrogen-bond donors (Lipinski definition) is 1. The molecule has 1 amide bonds. The third-order valence-electron chi connectivity index (χ3n) is 3.26. The zero-order valence-corrected chi connectivity index (χ0v) is 11.6. The third kappa shape index (κ3) is 2.77. The van der Waals surface area contributed by atoms with Crippen molar-refractivity contribution < 1.29 is 18.0 Å². The van der Waals surface area contributed by atoms with Crippen LogP contribution in [0.3, 0.4) is 0 Å². The van der Waals surface area contributed by atoms with Crippen LogP contribution < -0.4 is 5.32 Å². The van der Waals surface area contributed by atoms with Crippen LogP contribution in [0.5, 0.6) is 0 Å². The first-order chi connectivity index (χ1) is 9.97. The number of nitrogens with one attached hydrogen (secondary N) is 1. The van der Waals surface area contributed by atoms with Gasteiger partial charge >= 0.3 is 0 Å². The minimum atomic E-state index is -1.23. The van der Waals surface area contributed by atoms with Crippen molar-refractivity contribution in [3.05, 3.63) is 64.5 Å². The van der Waals surface area contributed by atoms with E-state index in [-0.39, 0.29) is 12.0 Å². The zero-order valence-electron chi connectivity index (χ0n) is 11.6. The summed E-state index contributed by atoms with van der Waals surface area (Å²) in [5, 5.41) is 2.47. The number of benzene rings is 2. The van der Waals surface area contributed by atoms with E-state index in [0.717, 1.165) is 0 Å². The van der Waals surface area contributed by atoms with Gasteiger partial charge in [-0.05, 0) is 25.5 Å². The number of hydrogen-bond acceptors (Lipinski definition) is 1. The molecule has 0 aliphatic rings. The highest BCUT2D eigenvalue weighted by molar-refractivity contribution is 6.05. The van der Waals surface area contributed by atoms with Crippen LogP contribution >= 0.6 is 0 Å². The molecule has 2 nitrogen and oxygen atoms in total. The Balaban J connectivity index is 2.48. The second-order valence-corrected chi connectivity index (χ2v) is 4.59. The van der Waals surface area contributed by atoms with Crippen LogP contribution in [-0.2, 0) is 6.42 Å². The standard InChI is InChI=1S/C16H14F3NO/c1-3-11-14(18)12(9(2)13(17)15(11)19)16(21)20-10-7-5-4-6-8-10/h4-8H,3H2,1-2H3,(H,20,21). The molecule has 2 aromatic carbocycles. The van der Waals surface area contributed by atoms with Crippen LogP contribution in [0, 0.1) is 24.4 Å². The van der Waals surface area contributed by atoms with Crippen molar-refractivity contribution in [1.82, 2.24) is 0 Å². The smallest absolute Gasteiger partial charge is 0.259 e. The van der Waals surface area contributed by atoms with Gasteiger partial charge in [0.15, 0.2) is 11.6 Å². The molecule has 1 N–H and O–H groups in total. The lowest BCUT2D eigenvalue weighted by Crippen LogP contribution is -2.19. The first-order valence-corrected chi connectivity index (χ1v) is 6.49. The molecular formula is C16H14F3NO. The normalized spacial score (nSPS) is 10.5. The topological polar surface area (TPSA) is 29.1 Å². The van der Waals surface area contributed by atoms with Crippen LogP contribution in [0.1, 0.15) is 28.4 Å². The number of carbonyl (C=O) groups is 1. The van der Waals surface area contributed by atoms with Crippen LogP contribution in [0.2, 0.25) is 0 Å². The van der Waals surface area contributed by atoms with E-state index in [9.17, 15) is 18.0 Å². The van der Waals surface area contributed by atoms with Gasteiger partial charge in [-0.1, -0.05) is 25.1 Å². The highest BCUT2D eigenvalue weighted by Gasteiger charge is 2.25. The Kier molecular flexibility index (Phi) is 4.31. The molecule has 0 bridgehead atoms. The maximum absolute atomic E-state index is 14.3. The van der Waals surface area contributed by atoms with Crippen molar-refractivity contribution in [3.63, 3.8) is 0 Å². The molecule has 0 radical (unpaired) electrons. The summed E-state index contributed by atoms with van der Waals surface area (Å²) in [5.41, 5.74) is -0.773. The highest BCUT2D eigenvalue weighted by atomic mass is 19.2. The fraction of sp³-hybridized carbons (Fsp3) is 0.188. The Hall–Kier alpha value is -2.30. The highest BCUT2D eigenvalue weighted by Crippen LogP contribution is 2.26. The van der Waals surface area contributed by atoms with Gasteiger partial charge < -0.3 is 5.32 Å². The van der Waals surface area contributed by atoms with E-state index >= 15 is 0 Å². The Morgan fingerprint density at radius 2 is 1.67 bits per heavy atom. The van der Waals surface area contributed by atoms with Gasteiger partial charge in [0, 0.05) is 16.8 Å². The number of rotatable bonds is 3. The largest absolute Gasteiger partial charge is 0.322 e. The number of amides is 1. The van der Waals surface area contributed by atoms with Crippen LogP contribution in [-0.4, -0.2) is 5.91 Å². The molecule has 0 atom stereocenters. The second kappa shape index (κ2) is 5.99. The average molecular weight is 293 g/mol.